The van der Waals surface area contributed by atoms with Gasteiger partial charge in [0.15, 0.2) is 0 Å². The van der Waals surface area contributed by atoms with E-state index in [-0.39, 0.29) is 0 Å². The molecule has 5 nitrogen and oxygen atoms in total. The monoisotopic (exact) mass is 313 g/mol. The van der Waals surface area contributed by atoms with Gasteiger partial charge in [0.05, 0.1) is 6.20 Å². The van der Waals surface area contributed by atoms with Gasteiger partial charge in [-0.15, -0.1) is 0 Å². The van der Waals surface area contributed by atoms with Crippen molar-refractivity contribution in [2.45, 2.75) is 26.4 Å². The van der Waals surface area contributed by atoms with Crippen molar-refractivity contribution < 1.29 is 0 Å². The van der Waals surface area contributed by atoms with Crippen molar-refractivity contribution in [3.8, 4) is 0 Å². The Morgan fingerprint density at radius 2 is 1.91 bits per heavy atom. The van der Waals surface area contributed by atoms with Crippen LogP contribution in [0.15, 0.2) is 36.5 Å². The summed E-state index contributed by atoms with van der Waals surface area (Å²) in [5.74, 6) is 0. The average molecular weight is 313 g/mol. The summed E-state index contributed by atoms with van der Waals surface area (Å²) in [5.41, 5.74) is 3.75. The standard InChI is InChI=1S/C18H27N5/c1-15(12-19-13-17-14-20-21-16(17)2)22-8-10-23(11-9-22)18-6-4-3-5-7-18/h3-7,14-15,19H,8-13H2,1-2H3,(H,20,21)/t15-/m1/s1. The molecule has 1 aliphatic heterocycles. The van der Waals surface area contributed by atoms with Gasteiger partial charge in [-0.1, -0.05) is 18.2 Å². The molecule has 0 bridgehead atoms. The Morgan fingerprint density at radius 3 is 2.57 bits per heavy atom. The summed E-state index contributed by atoms with van der Waals surface area (Å²) in [4.78, 5) is 5.06. The number of aryl methyl sites for hydroxylation is 1. The SMILES string of the molecule is Cc1[nH]ncc1CNC[C@@H](C)N1CCN(c2ccccc2)CC1. The molecule has 124 valence electrons. The largest absolute Gasteiger partial charge is 0.369 e. The molecule has 2 heterocycles. The van der Waals surface area contributed by atoms with E-state index in [1.807, 2.05) is 6.20 Å². The zero-order chi connectivity index (χ0) is 16.1. The van der Waals surface area contributed by atoms with E-state index in [0.29, 0.717) is 6.04 Å². The predicted octanol–water partition coefficient (Wildman–Crippen LogP) is 2.02. The second-order valence-corrected chi connectivity index (χ2v) is 6.36. The van der Waals surface area contributed by atoms with Crippen LogP contribution >= 0.6 is 0 Å². The van der Waals surface area contributed by atoms with E-state index < -0.39 is 0 Å². The molecule has 1 atom stereocenters. The lowest BCUT2D eigenvalue weighted by Gasteiger charge is -2.39. The molecule has 1 fully saturated rings. The van der Waals surface area contributed by atoms with Crippen molar-refractivity contribution in [1.29, 1.82) is 0 Å². The molecule has 2 N–H and O–H groups in total. The summed E-state index contributed by atoms with van der Waals surface area (Å²) >= 11 is 0. The highest BCUT2D eigenvalue weighted by Crippen LogP contribution is 2.16. The number of nitrogens with one attached hydrogen (secondary N) is 2. The number of rotatable bonds is 6. The maximum Gasteiger partial charge on any atom is 0.0535 e. The van der Waals surface area contributed by atoms with Gasteiger partial charge >= 0.3 is 0 Å². The predicted molar refractivity (Wildman–Crippen MR) is 94.7 cm³/mol. The van der Waals surface area contributed by atoms with Crippen LogP contribution in [-0.2, 0) is 6.54 Å². The Labute approximate surface area is 138 Å². The molecule has 0 spiro atoms. The Bertz CT molecular complexity index is 586. The summed E-state index contributed by atoms with van der Waals surface area (Å²) in [7, 11) is 0. The first kappa shape index (κ1) is 16.0. The van der Waals surface area contributed by atoms with Gasteiger partial charge in [0.2, 0.25) is 0 Å². The molecular weight excluding hydrogens is 286 g/mol. The molecule has 0 unspecified atom stereocenters. The van der Waals surface area contributed by atoms with Crippen LogP contribution in [0.4, 0.5) is 5.69 Å². The third-order valence-corrected chi connectivity index (χ3v) is 4.75. The highest BCUT2D eigenvalue weighted by Gasteiger charge is 2.20. The molecule has 3 rings (SSSR count). The quantitative estimate of drug-likeness (QED) is 0.856. The highest BCUT2D eigenvalue weighted by atomic mass is 15.3. The molecule has 2 aromatic rings. The van der Waals surface area contributed by atoms with Gasteiger partial charge in [0.25, 0.3) is 0 Å². The van der Waals surface area contributed by atoms with Gasteiger partial charge in [-0.05, 0) is 26.0 Å². The minimum Gasteiger partial charge on any atom is -0.369 e. The first-order valence-corrected chi connectivity index (χ1v) is 8.47. The smallest absolute Gasteiger partial charge is 0.0535 e. The average Bonchev–Trinajstić information content (AvgIpc) is 3.01. The number of H-pyrrole nitrogens is 1. The van der Waals surface area contributed by atoms with Crippen molar-refractivity contribution in [2.75, 3.05) is 37.6 Å². The lowest BCUT2D eigenvalue weighted by atomic mass is 10.2. The molecule has 0 saturated carbocycles. The van der Waals surface area contributed by atoms with E-state index in [0.717, 1.165) is 45.0 Å². The molecular formula is C18H27N5. The van der Waals surface area contributed by atoms with Crippen molar-refractivity contribution in [1.82, 2.24) is 20.4 Å². The first-order valence-electron chi connectivity index (χ1n) is 8.47. The van der Waals surface area contributed by atoms with Gasteiger partial charge in [0, 0.05) is 62.3 Å². The Balaban J connectivity index is 1.41. The van der Waals surface area contributed by atoms with Crippen LogP contribution in [0.3, 0.4) is 0 Å². The molecule has 1 aromatic heterocycles. The normalized spacial score (nSPS) is 17.4. The number of hydrogen-bond acceptors (Lipinski definition) is 4. The fraction of sp³-hybridized carbons (Fsp3) is 0.500. The van der Waals surface area contributed by atoms with Crippen LogP contribution in [-0.4, -0.2) is 53.9 Å². The summed E-state index contributed by atoms with van der Waals surface area (Å²) < 4.78 is 0. The number of anilines is 1. The second kappa shape index (κ2) is 7.62. The lowest BCUT2D eigenvalue weighted by Crippen LogP contribution is -2.51. The second-order valence-electron chi connectivity index (χ2n) is 6.36. The number of piperazine rings is 1. The van der Waals surface area contributed by atoms with Crippen molar-refractivity contribution in [2.24, 2.45) is 0 Å². The van der Waals surface area contributed by atoms with Crippen molar-refractivity contribution >= 4 is 5.69 Å². The number of aromatic amines is 1. The van der Waals surface area contributed by atoms with Gasteiger partial charge in [-0.3, -0.25) is 10.00 Å². The maximum atomic E-state index is 4.07. The highest BCUT2D eigenvalue weighted by molar-refractivity contribution is 5.46. The van der Waals surface area contributed by atoms with E-state index in [1.54, 1.807) is 0 Å². The van der Waals surface area contributed by atoms with Crippen LogP contribution in [0.25, 0.3) is 0 Å². The molecule has 23 heavy (non-hydrogen) atoms. The number of nitrogens with zero attached hydrogens (tertiary/aromatic N) is 3. The van der Waals surface area contributed by atoms with E-state index in [4.69, 9.17) is 0 Å². The molecule has 1 saturated heterocycles. The number of benzene rings is 1. The zero-order valence-corrected chi connectivity index (χ0v) is 14.1. The number of aromatic nitrogens is 2. The molecule has 0 radical (unpaired) electrons. The summed E-state index contributed by atoms with van der Waals surface area (Å²) in [6.45, 7) is 10.7. The van der Waals surface area contributed by atoms with Crippen LogP contribution in [0.1, 0.15) is 18.2 Å². The zero-order valence-electron chi connectivity index (χ0n) is 14.1. The van der Waals surface area contributed by atoms with E-state index in [2.05, 4.69) is 69.5 Å². The molecule has 1 aromatic carbocycles. The summed E-state index contributed by atoms with van der Waals surface area (Å²) in [6.07, 6.45) is 1.91. The fourth-order valence-corrected chi connectivity index (χ4v) is 3.16. The van der Waals surface area contributed by atoms with Crippen LogP contribution in [0, 0.1) is 6.92 Å². The Kier molecular flexibility index (Phi) is 5.31. The molecule has 0 amide bonds. The van der Waals surface area contributed by atoms with Gasteiger partial charge in [0.1, 0.15) is 0 Å². The molecule has 0 aliphatic carbocycles. The van der Waals surface area contributed by atoms with Crippen LogP contribution in [0.5, 0.6) is 0 Å². The maximum absolute atomic E-state index is 4.07. The summed E-state index contributed by atoms with van der Waals surface area (Å²) in [5, 5.41) is 10.6. The van der Waals surface area contributed by atoms with Gasteiger partial charge < -0.3 is 10.2 Å². The minimum absolute atomic E-state index is 0.556. The third-order valence-electron chi connectivity index (χ3n) is 4.75. The number of hydrogen-bond donors (Lipinski definition) is 2. The van der Waals surface area contributed by atoms with Crippen LogP contribution in [0.2, 0.25) is 0 Å². The van der Waals surface area contributed by atoms with E-state index >= 15 is 0 Å². The topological polar surface area (TPSA) is 47.2 Å². The van der Waals surface area contributed by atoms with Crippen molar-refractivity contribution in [3.05, 3.63) is 47.8 Å². The Morgan fingerprint density at radius 1 is 1.17 bits per heavy atom. The van der Waals surface area contributed by atoms with E-state index in [9.17, 15) is 0 Å². The van der Waals surface area contributed by atoms with Gasteiger partial charge in [-0.25, -0.2) is 0 Å². The minimum atomic E-state index is 0.556. The van der Waals surface area contributed by atoms with Crippen LogP contribution < -0.4 is 10.2 Å². The fourth-order valence-electron chi connectivity index (χ4n) is 3.16. The summed E-state index contributed by atoms with van der Waals surface area (Å²) in [6, 6.07) is 11.3. The van der Waals surface area contributed by atoms with Crippen molar-refractivity contribution in [3.63, 3.8) is 0 Å². The molecule has 1 aliphatic rings. The lowest BCUT2D eigenvalue weighted by molar-refractivity contribution is 0.193. The third kappa shape index (κ3) is 4.12. The molecule has 5 heteroatoms. The van der Waals surface area contributed by atoms with E-state index in [1.165, 1.54) is 11.3 Å². The first-order chi connectivity index (χ1) is 11.2. The van der Waals surface area contributed by atoms with Gasteiger partial charge in [-0.2, -0.15) is 5.10 Å². The number of para-hydroxylation sites is 1. The Hall–Kier alpha value is -1.85.